The van der Waals surface area contributed by atoms with Gasteiger partial charge in [-0.15, -0.1) is 0 Å². The molecular weight excluding hydrogens is 298 g/mol. The number of amides is 2. The van der Waals surface area contributed by atoms with Gasteiger partial charge in [-0.1, -0.05) is 17.7 Å². The van der Waals surface area contributed by atoms with Crippen LogP contribution < -0.4 is 10.6 Å². The van der Waals surface area contributed by atoms with Crippen LogP contribution in [0, 0.1) is 6.92 Å². The second-order valence-corrected chi connectivity index (χ2v) is 4.79. The Balaban J connectivity index is 1.65. The standard InChI is InChI=1S/C16H13N3O4/c1-10-4-6-11(7-5-10)17-14(20)12-9-23-16(18-12)19-15(21)13-3-2-8-22-13/h2-9H,1H3,(H,17,20)(H,18,19,21). The maximum Gasteiger partial charge on any atom is 0.302 e. The van der Waals surface area contributed by atoms with Crippen LogP contribution in [0.25, 0.3) is 0 Å². The van der Waals surface area contributed by atoms with E-state index in [1.807, 2.05) is 19.1 Å². The molecule has 0 unspecified atom stereocenters. The van der Waals surface area contributed by atoms with Crippen LogP contribution in [-0.2, 0) is 0 Å². The molecule has 0 bridgehead atoms. The minimum atomic E-state index is -0.512. The molecule has 0 radical (unpaired) electrons. The average molecular weight is 311 g/mol. The van der Waals surface area contributed by atoms with Gasteiger partial charge in [0.25, 0.3) is 11.8 Å². The first-order valence-electron chi connectivity index (χ1n) is 6.80. The molecule has 1 aromatic carbocycles. The maximum absolute atomic E-state index is 12.1. The number of hydrogen-bond donors (Lipinski definition) is 2. The third-order valence-corrected chi connectivity index (χ3v) is 3.01. The molecule has 2 amide bonds. The smallest absolute Gasteiger partial charge is 0.302 e. The number of rotatable bonds is 4. The lowest BCUT2D eigenvalue weighted by Gasteiger charge is -2.02. The van der Waals surface area contributed by atoms with Gasteiger partial charge in [0.05, 0.1) is 6.26 Å². The minimum Gasteiger partial charge on any atom is -0.459 e. The Morgan fingerprint density at radius 1 is 1.00 bits per heavy atom. The SMILES string of the molecule is Cc1ccc(NC(=O)c2coc(NC(=O)c3ccco3)n2)cc1. The minimum absolute atomic E-state index is 0.0559. The largest absolute Gasteiger partial charge is 0.459 e. The molecular formula is C16H13N3O4. The van der Waals surface area contributed by atoms with E-state index in [1.165, 1.54) is 18.6 Å². The van der Waals surface area contributed by atoms with Crippen LogP contribution in [0.4, 0.5) is 11.7 Å². The zero-order chi connectivity index (χ0) is 16.2. The fourth-order valence-corrected chi connectivity index (χ4v) is 1.83. The van der Waals surface area contributed by atoms with Crippen molar-refractivity contribution in [3.8, 4) is 0 Å². The van der Waals surface area contributed by atoms with Crippen molar-refractivity contribution < 1.29 is 18.4 Å². The number of oxazole rings is 1. The van der Waals surface area contributed by atoms with E-state index in [4.69, 9.17) is 8.83 Å². The molecule has 7 nitrogen and oxygen atoms in total. The number of benzene rings is 1. The van der Waals surface area contributed by atoms with Gasteiger partial charge in [-0.2, -0.15) is 4.98 Å². The second kappa shape index (κ2) is 6.18. The normalized spacial score (nSPS) is 10.3. The lowest BCUT2D eigenvalue weighted by Crippen LogP contribution is -2.14. The average Bonchev–Trinajstić information content (AvgIpc) is 3.20. The van der Waals surface area contributed by atoms with Gasteiger partial charge in [-0.3, -0.25) is 14.9 Å². The van der Waals surface area contributed by atoms with Crippen molar-refractivity contribution in [2.75, 3.05) is 10.6 Å². The predicted octanol–water partition coefficient (Wildman–Crippen LogP) is 3.08. The van der Waals surface area contributed by atoms with E-state index in [9.17, 15) is 9.59 Å². The van der Waals surface area contributed by atoms with E-state index < -0.39 is 11.8 Å². The number of aryl methyl sites for hydroxylation is 1. The molecule has 2 heterocycles. The van der Waals surface area contributed by atoms with Gasteiger partial charge in [-0.25, -0.2) is 0 Å². The van der Waals surface area contributed by atoms with Crippen molar-refractivity contribution >= 4 is 23.5 Å². The van der Waals surface area contributed by atoms with Crippen molar-refractivity contribution in [3.63, 3.8) is 0 Å². The summed E-state index contributed by atoms with van der Waals surface area (Å²) in [6, 6.07) is 10.3. The van der Waals surface area contributed by atoms with Crippen molar-refractivity contribution in [1.82, 2.24) is 4.98 Å². The summed E-state index contributed by atoms with van der Waals surface area (Å²) >= 11 is 0. The van der Waals surface area contributed by atoms with Gasteiger partial charge in [-0.05, 0) is 31.2 Å². The molecule has 0 spiro atoms. The molecule has 0 fully saturated rings. The van der Waals surface area contributed by atoms with Crippen LogP contribution >= 0.6 is 0 Å². The highest BCUT2D eigenvalue weighted by Gasteiger charge is 2.16. The molecule has 0 saturated heterocycles. The number of aromatic nitrogens is 1. The summed E-state index contributed by atoms with van der Waals surface area (Å²) in [5.74, 6) is -0.827. The van der Waals surface area contributed by atoms with E-state index >= 15 is 0 Å². The van der Waals surface area contributed by atoms with E-state index in [0.29, 0.717) is 5.69 Å². The molecule has 0 aliphatic rings. The highest BCUT2D eigenvalue weighted by Crippen LogP contribution is 2.13. The first-order chi connectivity index (χ1) is 11.1. The van der Waals surface area contributed by atoms with Crippen molar-refractivity contribution in [2.45, 2.75) is 6.92 Å². The number of furan rings is 1. The summed E-state index contributed by atoms with van der Waals surface area (Å²) in [6.07, 6.45) is 2.55. The molecule has 3 aromatic rings. The molecule has 0 aliphatic carbocycles. The molecule has 0 aliphatic heterocycles. The molecule has 2 N–H and O–H groups in total. The number of anilines is 2. The van der Waals surface area contributed by atoms with Crippen LogP contribution in [0.1, 0.15) is 26.6 Å². The highest BCUT2D eigenvalue weighted by molar-refractivity contribution is 6.04. The van der Waals surface area contributed by atoms with Gasteiger partial charge in [0.2, 0.25) is 0 Å². The number of hydrogen-bond acceptors (Lipinski definition) is 5. The van der Waals surface area contributed by atoms with Crippen molar-refractivity contribution in [1.29, 1.82) is 0 Å². The second-order valence-electron chi connectivity index (χ2n) is 4.79. The molecule has 0 atom stereocenters. The quantitative estimate of drug-likeness (QED) is 0.771. The van der Waals surface area contributed by atoms with Crippen molar-refractivity contribution in [3.05, 3.63) is 65.9 Å². The van der Waals surface area contributed by atoms with E-state index in [-0.39, 0.29) is 17.5 Å². The van der Waals surface area contributed by atoms with Crippen LogP contribution in [0.2, 0.25) is 0 Å². The van der Waals surface area contributed by atoms with Crippen LogP contribution in [0.3, 0.4) is 0 Å². The number of carbonyl (C=O) groups is 2. The van der Waals surface area contributed by atoms with Gasteiger partial charge < -0.3 is 14.2 Å². The van der Waals surface area contributed by atoms with E-state index in [1.54, 1.807) is 18.2 Å². The third-order valence-electron chi connectivity index (χ3n) is 3.01. The van der Waals surface area contributed by atoms with Gasteiger partial charge in [0, 0.05) is 5.69 Å². The summed E-state index contributed by atoms with van der Waals surface area (Å²) in [4.78, 5) is 27.8. The number of nitrogens with zero attached hydrogens (tertiary/aromatic N) is 1. The fraction of sp³-hybridized carbons (Fsp3) is 0.0625. The lowest BCUT2D eigenvalue weighted by molar-refractivity contribution is 0.0990. The highest BCUT2D eigenvalue weighted by atomic mass is 16.4. The zero-order valence-corrected chi connectivity index (χ0v) is 12.2. The first kappa shape index (κ1) is 14.6. The Kier molecular flexibility index (Phi) is 3.92. The Hall–Kier alpha value is -3.35. The van der Waals surface area contributed by atoms with Crippen LogP contribution in [0.5, 0.6) is 0 Å². The van der Waals surface area contributed by atoms with E-state index in [0.717, 1.165) is 5.56 Å². The molecule has 0 saturated carbocycles. The van der Waals surface area contributed by atoms with Gasteiger partial charge in [0.15, 0.2) is 11.5 Å². The third kappa shape index (κ3) is 3.46. The number of nitrogens with one attached hydrogen (secondary N) is 2. The Labute approximate surface area is 131 Å². The summed E-state index contributed by atoms with van der Waals surface area (Å²) in [7, 11) is 0. The molecule has 7 heteroatoms. The summed E-state index contributed by atoms with van der Waals surface area (Å²) < 4.78 is 10.0. The van der Waals surface area contributed by atoms with Crippen LogP contribution in [-0.4, -0.2) is 16.8 Å². The summed E-state index contributed by atoms with van der Waals surface area (Å²) in [6.45, 7) is 1.96. The lowest BCUT2D eigenvalue weighted by atomic mass is 10.2. The Morgan fingerprint density at radius 2 is 1.78 bits per heavy atom. The zero-order valence-electron chi connectivity index (χ0n) is 12.2. The van der Waals surface area contributed by atoms with Gasteiger partial charge >= 0.3 is 6.01 Å². The van der Waals surface area contributed by atoms with Gasteiger partial charge in [0.1, 0.15) is 6.26 Å². The van der Waals surface area contributed by atoms with Crippen molar-refractivity contribution in [2.24, 2.45) is 0 Å². The fourth-order valence-electron chi connectivity index (χ4n) is 1.83. The molecule has 23 heavy (non-hydrogen) atoms. The predicted molar refractivity (Wildman–Crippen MR) is 82.3 cm³/mol. The molecule has 2 aromatic heterocycles. The topological polar surface area (TPSA) is 97.4 Å². The summed E-state index contributed by atoms with van der Waals surface area (Å²) in [5, 5.41) is 5.09. The molecule has 3 rings (SSSR count). The van der Waals surface area contributed by atoms with Crippen LogP contribution in [0.15, 0.2) is 57.8 Å². The Morgan fingerprint density at radius 3 is 2.48 bits per heavy atom. The Bertz CT molecular complexity index is 819. The first-order valence-corrected chi connectivity index (χ1v) is 6.80. The monoisotopic (exact) mass is 311 g/mol. The summed E-state index contributed by atoms with van der Waals surface area (Å²) in [5.41, 5.74) is 1.79. The van der Waals surface area contributed by atoms with E-state index in [2.05, 4.69) is 15.6 Å². The number of carbonyl (C=O) groups excluding carboxylic acids is 2. The maximum atomic E-state index is 12.1. The molecule has 116 valence electrons.